The molecule has 25 heavy (non-hydrogen) atoms. The molecule has 8 heteroatoms. The van der Waals surface area contributed by atoms with Crippen molar-refractivity contribution in [3.63, 3.8) is 0 Å². The Morgan fingerprint density at radius 2 is 1.48 bits per heavy atom. The van der Waals surface area contributed by atoms with Gasteiger partial charge in [0.15, 0.2) is 0 Å². The van der Waals surface area contributed by atoms with E-state index in [0.717, 1.165) is 18.9 Å². The Morgan fingerprint density at radius 3 is 2.04 bits per heavy atom. The first-order valence-corrected chi connectivity index (χ1v) is 8.02. The van der Waals surface area contributed by atoms with Crippen molar-refractivity contribution < 1.29 is 0 Å². The monoisotopic (exact) mass is 352 g/mol. The molecule has 1 N–H and O–H groups in total. The Balaban J connectivity index is 1.92. The Labute approximate surface area is 145 Å². The molecule has 0 fully saturated rings. The lowest BCUT2D eigenvalue weighted by Crippen LogP contribution is -2.47. The summed E-state index contributed by atoms with van der Waals surface area (Å²) < 4.78 is 1.73. The normalized spacial score (nSPS) is 10.4. The zero-order valence-electron chi connectivity index (χ0n) is 13.1. The van der Waals surface area contributed by atoms with E-state index in [2.05, 4.69) is 11.1 Å². The molecule has 1 aromatic heterocycles. The molecule has 7 nitrogen and oxygen atoms in total. The molecule has 1 heterocycles. The number of hydrogen-bond acceptors (Lipinski definition) is 5. The van der Waals surface area contributed by atoms with E-state index in [-0.39, 0.29) is 0 Å². The summed E-state index contributed by atoms with van der Waals surface area (Å²) >= 11 is 1.49. The summed E-state index contributed by atoms with van der Waals surface area (Å²) in [4.78, 5) is 39.4. The van der Waals surface area contributed by atoms with Crippen LogP contribution in [0.3, 0.4) is 0 Å². The van der Waals surface area contributed by atoms with Crippen LogP contribution in [0.15, 0.2) is 72.7 Å². The lowest BCUT2D eigenvalue weighted by molar-refractivity contribution is 0.660. The van der Waals surface area contributed by atoms with Crippen LogP contribution in [0.25, 0.3) is 5.69 Å². The minimum absolute atomic E-state index is 0.367. The molecule has 0 saturated heterocycles. The summed E-state index contributed by atoms with van der Waals surface area (Å²) in [6, 6.07) is 16.0. The number of aromatic amines is 1. The molecular formula is C17H12N4O3S. The van der Waals surface area contributed by atoms with Gasteiger partial charge in [-0.05, 0) is 48.5 Å². The number of H-pyrrole nitrogens is 1. The van der Waals surface area contributed by atoms with Crippen molar-refractivity contribution in [2.45, 2.75) is 9.79 Å². The molecule has 0 atom stereocenters. The van der Waals surface area contributed by atoms with Gasteiger partial charge in [0.05, 0.1) is 17.3 Å². The van der Waals surface area contributed by atoms with Crippen LogP contribution >= 0.6 is 11.8 Å². The number of benzene rings is 2. The zero-order chi connectivity index (χ0) is 18.0. The molecule has 0 aliphatic rings. The van der Waals surface area contributed by atoms with Crippen molar-refractivity contribution in [3.8, 4) is 11.8 Å². The quantitative estimate of drug-likeness (QED) is 0.764. The summed E-state index contributed by atoms with van der Waals surface area (Å²) in [7, 11) is 1.30. The van der Waals surface area contributed by atoms with E-state index in [0.29, 0.717) is 11.3 Å². The molecule has 3 rings (SSSR count). The molecule has 0 saturated carbocycles. The Bertz CT molecular complexity index is 1130. The van der Waals surface area contributed by atoms with Gasteiger partial charge in [-0.2, -0.15) is 5.26 Å². The molecule has 3 aromatic rings. The maximum Gasteiger partial charge on any atom is 0.340 e. The molecule has 0 unspecified atom stereocenters. The second kappa shape index (κ2) is 6.67. The van der Waals surface area contributed by atoms with Gasteiger partial charge < -0.3 is 0 Å². The van der Waals surface area contributed by atoms with Gasteiger partial charge in [-0.3, -0.25) is 4.98 Å². The van der Waals surface area contributed by atoms with Crippen LogP contribution in [0, 0.1) is 11.3 Å². The number of nitrogens with zero attached hydrogens (tertiary/aromatic N) is 3. The van der Waals surface area contributed by atoms with E-state index >= 15 is 0 Å². The third-order valence-corrected chi connectivity index (χ3v) is 4.53. The smallest absolute Gasteiger partial charge is 0.258 e. The number of hydrogen-bond donors (Lipinski definition) is 1. The first kappa shape index (κ1) is 16.5. The second-order valence-corrected chi connectivity index (χ2v) is 6.29. The summed E-state index contributed by atoms with van der Waals surface area (Å²) in [5, 5.41) is 8.80. The van der Waals surface area contributed by atoms with E-state index in [1.54, 1.807) is 36.4 Å². The fraction of sp³-hybridized carbons (Fsp3) is 0.0588. The van der Waals surface area contributed by atoms with Gasteiger partial charge in [0, 0.05) is 16.8 Å². The van der Waals surface area contributed by atoms with Crippen LogP contribution in [0.4, 0.5) is 0 Å². The molecule has 0 amide bonds. The van der Waals surface area contributed by atoms with Crippen LogP contribution in [-0.2, 0) is 7.05 Å². The number of nitrogens with one attached hydrogen (secondary N) is 1. The molecule has 0 radical (unpaired) electrons. The van der Waals surface area contributed by atoms with Crippen molar-refractivity contribution in [1.29, 1.82) is 5.26 Å². The van der Waals surface area contributed by atoms with Gasteiger partial charge in [-0.25, -0.2) is 23.5 Å². The Kier molecular flexibility index (Phi) is 4.41. The third-order valence-electron chi connectivity index (χ3n) is 3.51. The van der Waals surface area contributed by atoms with Crippen molar-refractivity contribution in [3.05, 3.63) is 85.5 Å². The standard InChI is InChI=1S/C17H12N4O3S/c1-20-15(22)19-16(23)21(17(20)24)12-4-8-14(9-5-12)25-13-6-2-11(10-18)3-7-13/h2-9H,1H3,(H,19,22,23). The zero-order valence-corrected chi connectivity index (χ0v) is 13.9. The molecular weight excluding hydrogens is 340 g/mol. The van der Waals surface area contributed by atoms with Gasteiger partial charge in [0.25, 0.3) is 0 Å². The molecule has 0 aliphatic carbocycles. The van der Waals surface area contributed by atoms with Crippen molar-refractivity contribution in [2.75, 3.05) is 0 Å². The highest BCUT2D eigenvalue weighted by atomic mass is 32.2. The average molecular weight is 352 g/mol. The predicted molar refractivity (Wildman–Crippen MR) is 93.2 cm³/mol. The second-order valence-electron chi connectivity index (χ2n) is 5.14. The van der Waals surface area contributed by atoms with Gasteiger partial charge >= 0.3 is 17.1 Å². The van der Waals surface area contributed by atoms with Crippen LogP contribution in [-0.4, -0.2) is 14.1 Å². The van der Waals surface area contributed by atoms with Crippen molar-refractivity contribution >= 4 is 11.8 Å². The summed E-state index contributed by atoms with van der Waals surface area (Å²) in [6.07, 6.45) is 0. The molecule has 0 spiro atoms. The SMILES string of the molecule is Cn1c(=O)[nH]c(=O)n(-c2ccc(Sc3ccc(C#N)cc3)cc2)c1=O. The van der Waals surface area contributed by atoms with Gasteiger partial charge in [-0.15, -0.1) is 0 Å². The highest BCUT2D eigenvalue weighted by Crippen LogP contribution is 2.28. The van der Waals surface area contributed by atoms with Crippen molar-refractivity contribution in [1.82, 2.24) is 14.1 Å². The Hall–Kier alpha value is -3.31. The first-order chi connectivity index (χ1) is 12.0. The maximum absolute atomic E-state index is 12.1. The van der Waals surface area contributed by atoms with E-state index in [1.165, 1.54) is 18.8 Å². The minimum Gasteiger partial charge on any atom is -0.258 e. The summed E-state index contributed by atoms with van der Waals surface area (Å²) in [5.74, 6) is 0. The van der Waals surface area contributed by atoms with Gasteiger partial charge in [0.2, 0.25) is 0 Å². The van der Waals surface area contributed by atoms with E-state index in [9.17, 15) is 14.4 Å². The van der Waals surface area contributed by atoms with Crippen LogP contribution < -0.4 is 17.1 Å². The van der Waals surface area contributed by atoms with Crippen LogP contribution in [0.5, 0.6) is 0 Å². The van der Waals surface area contributed by atoms with Crippen LogP contribution in [0.1, 0.15) is 5.56 Å². The lowest BCUT2D eigenvalue weighted by atomic mass is 10.2. The lowest BCUT2D eigenvalue weighted by Gasteiger charge is -2.07. The maximum atomic E-state index is 12.1. The average Bonchev–Trinajstić information content (AvgIpc) is 2.62. The third kappa shape index (κ3) is 3.32. The summed E-state index contributed by atoms with van der Waals surface area (Å²) in [5.41, 5.74) is -1.28. The van der Waals surface area contributed by atoms with Crippen molar-refractivity contribution in [2.24, 2.45) is 7.05 Å². The first-order valence-electron chi connectivity index (χ1n) is 7.20. The molecule has 0 bridgehead atoms. The number of aromatic nitrogens is 3. The van der Waals surface area contributed by atoms with Crippen LogP contribution in [0.2, 0.25) is 0 Å². The molecule has 0 aliphatic heterocycles. The minimum atomic E-state index is -0.777. The highest BCUT2D eigenvalue weighted by Gasteiger charge is 2.09. The van der Waals surface area contributed by atoms with E-state index in [4.69, 9.17) is 5.26 Å². The fourth-order valence-corrected chi connectivity index (χ4v) is 3.00. The molecule has 2 aromatic carbocycles. The fourth-order valence-electron chi connectivity index (χ4n) is 2.18. The molecule has 124 valence electrons. The van der Waals surface area contributed by atoms with E-state index in [1.807, 2.05) is 12.1 Å². The summed E-state index contributed by atoms with van der Waals surface area (Å²) in [6.45, 7) is 0. The Morgan fingerprint density at radius 1 is 0.920 bits per heavy atom. The predicted octanol–water partition coefficient (Wildman–Crippen LogP) is 1.25. The van der Waals surface area contributed by atoms with Gasteiger partial charge in [0.1, 0.15) is 0 Å². The number of rotatable bonds is 3. The highest BCUT2D eigenvalue weighted by molar-refractivity contribution is 7.99. The van der Waals surface area contributed by atoms with Gasteiger partial charge in [-0.1, -0.05) is 11.8 Å². The topological polar surface area (TPSA) is 101 Å². The largest absolute Gasteiger partial charge is 0.340 e. The number of nitriles is 1. The van der Waals surface area contributed by atoms with E-state index < -0.39 is 17.1 Å².